The molecular formula is C28H32N2O3. The van der Waals surface area contributed by atoms with Crippen LogP contribution < -0.4 is 15.3 Å². The molecule has 1 unspecified atom stereocenters. The third-order valence-corrected chi connectivity index (χ3v) is 8.38. The molecule has 1 aromatic carbocycles. The van der Waals surface area contributed by atoms with Crippen molar-refractivity contribution in [1.82, 2.24) is 9.55 Å². The number of rotatable bonds is 3. The summed E-state index contributed by atoms with van der Waals surface area (Å²) in [6.45, 7) is 2.34. The van der Waals surface area contributed by atoms with Gasteiger partial charge in [-0.2, -0.15) is 0 Å². The summed E-state index contributed by atoms with van der Waals surface area (Å²) in [5.41, 5.74) is 5.57. The highest BCUT2D eigenvalue weighted by Crippen LogP contribution is 2.47. The molecule has 0 amide bonds. The van der Waals surface area contributed by atoms with E-state index in [-0.39, 0.29) is 5.92 Å². The number of carboxylic acids is 1. The summed E-state index contributed by atoms with van der Waals surface area (Å²) < 4.78 is 8.16. The van der Waals surface area contributed by atoms with E-state index in [0.29, 0.717) is 17.4 Å². The number of nitrogens with zero attached hydrogens (tertiary/aromatic N) is 1. The molecule has 5 nitrogen and oxygen atoms in total. The second kappa shape index (κ2) is 7.82. The quantitative estimate of drug-likeness (QED) is 0.592. The van der Waals surface area contributed by atoms with Crippen molar-refractivity contribution >= 4 is 28.6 Å². The molecule has 2 aliphatic carbocycles. The average Bonchev–Trinajstić information content (AvgIpc) is 3.38. The van der Waals surface area contributed by atoms with Gasteiger partial charge in [0.25, 0.3) is 0 Å². The molecule has 2 fully saturated rings. The number of aromatic nitrogens is 2. The number of benzene rings is 1. The normalized spacial score (nSPS) is 22.8. The Labute approximate surface area is 193 Å². The van der Waals surface area contributed by atoms with E-state index in [1.165, 1.54) is 60.9 Å². The van der Waals surface area contributed by atoms with Crippen LogP contribution in [0.1, 0.15) is 91.7 Å². The lowest BCUT2D eigenvalue weighted by Gasteiger charge is -2.31. The van der Waals surface area contributed by atoms with Crippen LogP contribution in [0.15, 0.2) is 24.4 Å². The minimum absolute atomic E-state index is 0.271. The fourth-order valence-corrected chi connectivity index (χ4v) is 6.83. The highest BCUT2D eigenvalue weighted by atomic mass is 16.5. The number of methoxy groups -OCH3 is 1. The van der Waals surface area contributed by atoms with Crippen LogP contribution in [-0.4, -0.2) is 27.7 Å². The van der Waals surface area contributed by atoms with Crippen LogP contribution in [-0.2, 0) is 0 Å². The van der Waals surface area contributed by atoms with Gasteiger partial charge in [0.1, 0.15) is 5.75 Å². The van der Waals surface area contributed by atoms with Crippen molar-refractivity contribution in [2.75, 3.05) is 7.11 Å². The number of aromatic carboxylic acids is 1. The summed E-state index contributed by atoms with van der Waals surface area (Å²) in [6, 6.07) is 6.72. The molecule has 0 spiro atoms. The molecule has 0 radical (unpaired) electrons. The van der Waals surface area contributed by atoms with Gasteiger partial charge in [0.15, 0.2) is 0 Å². The first-order valence-electron chi connectivity index (χ1n) is 12.5. The van der Waals surface area contributed by atoms with Crippen LogP contribution in [0.4, 0.5) is 0 Å². The summed E-state index contributed by atoms with van der Waals surface area (Å²) in [6.07, 6.45) is 13.4. The van der Waals surface area contributed by atoms with Gasteiger partial charge in [-0.1, -0.05) is 32.3 Å². The van der Waals surface area contributed by atoms with E-state index in [2.05, 4.69) is 40.9 Å². The zero-order valence-corrected chi connectivity index (χ0v) is 19.5. The smallest absolute Gasteiger partial charge is 0.337 e. The molecule has 2 N–H and O–H groups in total. The molecule has 2 saturated carbocycles. The first kappa shape index (κ1) is 20.6. The Morgan fingerprint density at radius 1 is 1.15 bits per heavy atom. The molecule has 2 atom stereocenters. The fraction of sp³-hybridized carbons (Fsp3) is 0.464. The lowest BCUT2D eigenvalue weighted by atomic mass is 9.75. The number of hydrogen-bond acceptors (Lipinski definition) is 2. The standard InChI is InChI=1S/C28H32N2O3/c1-16-7-6-10-19-25(16)23-13-20-24(33-2)12-11-18(17-8-4-3-5-9-17)27(20)30(23)15-22-21(28(31)32)14-29-26(19)22/h11-17,25,29H,3-10H2,1-2H3,(H,31,32)/t16?,25-/m0/s1. The van der Waals surface area contributed by atoms with E-state index in [9.17, 15) is 9.90 Å². The summed E-state index contributed by atoms with van der Waals surface area (Å²) in [5, 5.41) is 12.9. The van der Waals surface area contributed by atoms with Gasteiger partial charge in [-0.3, -0.25) is 0 Å². The van der Waals surface area contributed by atoms with Crippen molar-refractivity contribution in [3.63, 3.8) is 0 Å². The first-order valence-corrected chi connectivity index (χ1v) is 12.5. The molecule has 0 bridgehead atoms. The maximum absolute atomic E-state index is 12.1. The van der Waals surface area contributed by atoms with E-state index in [4.69, 9.17) is 4.74 Å². The Hall–Kier alpha value is -2.95. The number of nitrogens with one attached hydrogen (secondary N) is 1. The van der Waals surface area contributed by atoms with Crippen LogP contribution in [0, 0.1) is 5.92 Å². The molecule has 3 heterocycles. The molecular weight excluding hydrogens is 412 g/mol. The van der Waals surface area contributed by atoms with Crippen molar-refractivity contribution in [3.05, 3.63) is 51.8 Å². The summed E-state index contributed by atoms with van der Waals surface area (Å²) in [5.74, 6) is 1.33. The minimum atomic E-state index is -0.880. The molecule has 3 aliphatic rings. The molecule has 6 rings (SSSR count). The molecule has 3 aromatic rings. The Morgan fingerprint density at radius 3 is 2.73 bits per heavy atom. The van der Waals surface area contributed by atoms with Gasteiger partial charge in [-0.25, -0.2) is 4.79 Å². The lowest BCUT2D eigenvalue weighted by Crippen LogP contribution is -2.32. The van der Waals surface area contributed by atoms with Gasteiger partial charge in [0, 0.05) is 40.0 Å². The predicted octanol–water partition coefficient (Wildman–Crippen LogP) is 5.08. The van der Waals surface area contributed by atoms with E-state index in [1.54, 1.807) is 13.3 Å². The largest absolute Gasteiger partial charge is 0.496 e. The Balaban J connectivity index is 1.73. The van der Waals surface area contributed by atoms with Crippen LogP contribution in [0.2, 0.25) is 0 Å². The van der Waals surface area contributed by atoms with Crippen LogP contribution in [0.25, 0.3) is 22.7 Å². The van der Waals surface area contributed by atoms with E-state index >= 15 is 0 Å². The monoisotopic (exact) mass is 444 g/mol. The zero-order valence-electron chi connectivity index (χ0n) is 19.5. The summed E-state index contributed by atoms with van der Waals surface area (Å²) >= 11 is 0. The van der Waals surface area contributed by atoms with Gasteiger partial charge in [0.2, 0.25) is 0 Å². The van der Waals surface area contributed by atoms with Crippen molar-refractivity contribution < 1.29 is 14.6 Å². The molecule has 1 aliphatic heterocycles. The van der Waals surface area contributed by atoms with Gasteiger partial charge < -0.3 is 19.4 Å². The highest BCUT2D eigenvalue weighted by molar-refractivity contribution is 5.94. The van der Waals surface area contributed by atoms with Gasteiger partial charge in [0.05, 0.1) is 18.2 Å². The lowest BCUT2D eigenvalue weighted by molar-refractivity contribution is 0.0696. The third-order valence-electron chi connectivity index (χ3n) is 8.38. The third kappa shape index (κ3) is 3.08. The van der Waals surface area contributed by atoms with Gasteiger partial charge in [-0.05, 0) is 67.2 Å². The first-order chi connectivity index (χ1) is 16.1. The van der Waals surface area contributed by atoms with Gasteiger partial charge in [-0.15, -0.1) is 0 Å². The Kier molecular flexibility index (Phi) is 4.89. The molecule has 0 saturated heterocycles. The predicted molar refractivity (Wildman–Crippen MR) is 130 cm³/mol. The summed E-state index contributed by atoms with van der Waals surface area (Å²) in [4.78, 5) is 15.5. The minimum Gasteiger partial charge on any atom is -0.496 e. The van der Waals surface area contributed by atoms with E-state index in [1.807, 2.05) is 0 Å². The second-order valence-electron chi connectivity index (χ2n) is 10.2. The SMILES string of the molecule is COc1ccc(C2CCCCC2)c2c1cc1n2C=c2c(C(=O)O)c[nH]c2=C2CCCC(C)[C@@H]21. The van der Waals surface area contributed by atoms with Crippen LogP contribution >= 0.6 is 0 Å². The molecule has 172 valence electrons. The zero-order chi connectivity index (χ0) is 22.7. The average molecular weight is 445 g/mol. The number of fused-ring (bicyclic) bond motifs is 6. The maximum Gasteiger partial charge on any atom is 0.337 e. The number of ether oxygens (including phenoxy) is 1. The van der Waals surface area contributed by atoms with E-state index < -0.39 is 5.97 Å². The number of H-pyrrole nitrogens is 1. The van der Waals surface area contributed by atoms with Crippen molar-refractivity contribution in [2.45, 2.75) is 70.1 Å². The van der Waals surface area contributed by atoms with Gasteiger partial charge >= 0.3 is 5.97 Å². The molecule has 5 heteroatoms. The highest BCUT2D eigenvalue weighted by Gasteiger charge is 2.34. The van der Waals surface area contributed by atoms with E-state index in [0.717, 1.165) is 34.5 Å². The number of aromatic amines is 1. The topological polar surface area (TPSA) is 67.2 Å². The number of carbonyl (C=O) groups is 1. The number of carboxylic acid groups (broad SMARTS) is 1. The Morgan fingerprint density at radius 2 is 1.97 bits per heavy atom. The Bertz CT molecular complexity index is 1370. The van der Waals surface area contributed by atoms with Crippen LogP contribution in [0.3, 0.4) is 0 Å². The fourth-order valence-electron chi connectivity index (χ4n) is 6.83. The molecule has 33 heavy (non-hydrogen) atoms. The van der Waals surface area contributed by atoms with Crippen molar-refractivity contribution in [1.29, 1.82) is 0 Å². The summed E-state index contributed by atoms with van der Waals surface area (Å²) in [7, 11) is 1.75. The maximum atomic E-state index is 12.1. The van der Waals surface area contributed by atoms with Crippen LogP contribution in [0.5, 0.6) is 5.75 Å². The molecule has 2 aromatic heterocycles. The van der Waals surface area contributed by atoms with Crippen molar-refractivity contribution in [3.8, 4) is 5.75 Å². The number of hydrogen-bond donors (Lipinski definition) is 2. The second-order valence-corrected chi connectivity index (χ2v) is 10.2. The van der Waals surface area contributed by atoms with Crippen molar-refractivity contribution in [2.24, 2.45) is 5.92 Å².